The first kappa shape index (κ1) is 12.3. The molecule has 1 aliphatic heterocycles. The number of halogens is 1. The molecule has 1 atom stereocenters. The maximum absolute atomic E-state index is 13.2. The van der Waals surface area contributed by atoms with Crippen LogP contribution in [0.4, 0.5) is 4.39 Å². The van der Waals surface area contributed by atoms with Crippen LogP contribution in [0.2, 0.25) is 0 Å². The van der Waals surface area contributed by atoms with Crippen molar-refractivity contribution in [1.82, 2.24) is 15.2 Å². The van der Waals surface area contributed by atoms with E-state index in [1.165, 1.54) is 0 Å². The van der Waals surface area contributed by atoms with Gasteiger partial charge in [0.25, 0.3) is 0 Å². The van der Waals surface area contributed by atoms with E-state index < -0.39 is 0 Å². The Labute approximate surface area is 101 Å². The van der Waals surface area contributed by atoms with Crippen LogP contribution in [0.1, 0.15) is 11.6 Å². The van der Waals surface area contributed by atoms with Crippen LogP contribution in [0, 0.1) is 0 Å². The molecule has 1 N–H and O–H groups in total. The number of methoxy groups -OCH3 is 1. The lowest BCUT2D eigenvalue weighted by molar-refractivity contribution is 0.147. The summed E-state index contributed by atoms with van der Waals surface area (Å²) in [4.78, 5) is 6.28. The molecule has 1 fully saturated rings. The highest BCUT2D eigenvalue weighted by Gasteiger charge is 2.22. The molecule has 0 bridgehead atoms. The monoisotopic (exact) mass is 239 g/mol. The molecule has 0 saturated carbocycles. The average Bonchev–Trinajstić information content (AvgIpc) is 2.42. The molecule has 4 nitrogen and oxygen atoms in total. The van der Waals surface area contributed by atoms with Gasteiger partial charge in [-0.2, -0.15) is 0 Å². The van der Waals surface area contributed by atoms with Crippen molar-refractivity contribution >= 4 is 0 Å². The Balaban J connectivity index is 2.10. The second-order valence-corrected chi connectivity index (χ2v) is 4.09. The summed E-state index contributed by atoms with van der Waals surface area (Å²) in [5, 5.41) is 3.26. The second-order valence-electron chi connectivity index (χ2n) is 4.09. The van der Waals surface area contributed by atoms with Crippen molar-refractivity contribution in [1.29, 1.82) is 0 Å². The lowest BCUT2D eigenvalue weighted by atomic mass is 10.1. The number of nitrogens with zero attached hydrogens (tertiary/aromatic N) is 2. The zero-order valence-corrected chi connectivity index (χ0v) is 10.0. The molecule has 1 aromatic heterocycles. The first-order valence-electron chi connectivity index (χ1n) is 5.86. The van der Waals surface area contributed by atoms with Crippen LogP contribution in [0.15, 0.2) is 18.3 Å². The summed E-state index contributed by atoms with van der Waals surface area (Å²) in [6.45, 7) is 3.20. The third kappa shape index (κ3) is 2.92. The molecule has 0 radical (unpaired) electrons. The highest BCUT2D eigenvalue weighted by molar-refractivity contribution is 5.21. The first-order valence-corrected chi connectivity index (χ1v) is 5.86. The van der Waals surface area contributed by atoms with Crippen LogP contribution < -0.4 is 10.1 Å². The number of nitrogens with one attached hydrogen (secondary N) is 1. The number of aromatic nitrogens is 1. The van der Waals surface area contributed by atoms with Crippen molar-refractivity contribution < 1.29 is 9.13 Å². The van der Waals surface area contributed by atoms with Crippen LogP contribution >= 0.6 is 0 Å². The summed E-state index contributed by atoms with van der Waals surface area (Å²) in [6, 6.07) is 3.48. The molecule has 0 aliphatic carbocycles. The Hall–Kier alpha value is -1.20. The van der Waals surface area contributed by atoms with E-state index >= 15 is 0 Å². The third-order valence-electron chi connectivity index (χ3n) is 3.09. The van der Waals surface area contributed by atoms with E-state index in [1.54, 1.807) is 19.4 Å². The second kappa shape index (κ2) is 5.93. The van der Waals surface area contributed by atoms with Crippen LogP contribution in [0.5, 0.6) is 5.88 Å². The molecule has 1 saturated heterocycles. The third-order valence-corrected chi connectivity index (χ3v) is 3.09. The lowest BCUT2D eigenvalue weighted by Crippen LogP contribution is -2.45. The molecule has 1 aliphatic rings. The molecule has 94 valence electrons. The van der Waals surface area contributed by atoms with Crippen molar-refractivity contribution in [2.75, 3.05) is 40.0 Å². The smallest absolute Gasteiger partial charge is 0.212 e. The molecular formula is C12H18FN3O. The van der Waals surface area contributed by atoms with E-state index in [-0.39, 0.29) is 12.7 Å². The fourth-order valence-electron chi connectivity index (χ4n) is 2.10. The standard InChI is InChI=1S/C12H18FN3O/c1-17-12-3-2-10(9-15-12)11(8-13)16-6-4-14-5-7-16/h2-3,9,11,14H,4-8H2,1H3/t11-/m0/s1. The quantitative estimate of drug-likeness (QED) is 0.851. The van der Waals surface area contributed by atoms with E-state index in [2.05, 4.69) is 15.2 Å². The van der Waals surface area contributed by atoms with Gasteiger partial charge in [-0.05, 0) is 5.56 Å². The van der Waals surface area contributed by atoms with Gasteiger partial charge in [0.15, 0.2) is 0 Å². The lowest BCUT2D eigenvalue weighted by Gasteiger charge is -2.33. The van der Waals surface area contributed by atoms with Gasteiger partial charge < -0.3 is 10.1 Å². The normalized spacial score (nSPS) is 18.9. The van der Waals surface area contributed by atoms with E-state index in [0.717, 1.165) is 31.7 Å². The maximum atomic E-state index is 13.2. The van der Waals surface area contributed by atoms with Crippen molar-refractivity contribution in [3.63, 3.8) is 0 Å². The van der Waals surface area contributed by atoms with Gasteiger partial charge >= 0.3 is 0 Å². The van der Waals surface area contributed by atoms with E-state index in [4.69, 9.17) is 4.74 Å². The van der Waals surface area contributed by atoms with Crippen LogP contribution in [-0.2, 0) is 0 Å². The molecule has 5 heteroatoms. The Morgan fingerprint density at radius 3 is 2.76 bits per heavy atom. The molecule has 0 unspecified atom stereocenters. The molecule has 2 rings (SSSR count). The van der Waals surface area contributed by atoms with E-state index in [9.17, 15) is 4.39 Å². The highest BCUT2D eigenvalue weighted by Crippen LogP contribution is 2.22. The van der Waals surface area contributed by atoms with Gasteiger partial charge in [-0.15, -0.1) is 0 Å². The number of alkyl halides is 1. The Kier molecular flexibility index (Phi) is 4.28. The van der Waals surface area contributed by atoms with Crippen LogP contribution in [0.25, 0.3) is 0 Å². The summed E-state index contributed by atoms with van der Waals surface area (Å²) in [5.41, 5.74) is 0.912. The Morgan fingerprint density at radius 1 is 1.47 bits per heavy atom. The molecular weight excluding hydrogens is 221 g/mol. The van der Waals surface area contributed by atoms with Gasteiger partial charge in [0.2, 0.25) is 5.88 Å². The molecule has 0 aromatic carbocycles. The average molecular weight is 239 g/mol. The van der Waals surface area contributed by atoms with E-state index in [1.807, 2.05) is 6.07 Å². The molecule has 0 spiro atoms. The first-order chi connectivity index (χ1) is 8.35. The fraction of sp³-hybridized carbons (Fsp3) is 0.583. The van der Waals surface area contributed by atoms with Crippen molar-refractivity contribution in [2.24, 2.45) is 0 Å². The maximum Gasteiger partial charge on any atom is 0.212 e. The summed E-state index contributed by atoms with van der Waals surface area (Å²) in [6.07, 6.45) is 1.70. The van der Waals surface area contributed by atoms with Gasteiger partial charge in [0.1, 0.15) is 6.67 Å². The minimum absolute atomic E-state index is 0.185. The van der Waals surface area contributed by atoms with Crippen molar-refractivity contribution in [2.45, 2.75) is 6.04 Å². The largest absolute Gasteiger partial charge is 0.481 e. The molecule has 2 heterocycles. The fourth-order valence-corrected chi connectivity index (χ4v) is 2.10. The summed E-state index contributed by atoms with van der Waals surface area (Å²) < 4.78 is 18.2. The zero-order chi connectivity index (χ0) is 12.1. The van der Waals surface area contributed by atoms with Gasteiger partial charge in [-0.3, -0.25) is 4.90 Å². The highest BCUT2D eigenvalue weighted by atomic mass is 19.1. The SMILES string of the molecule is COc1ccc([C@H](CF)N2CCNCC2)cn1. The predicted molar refractivity (Wildman–Crippen MR) is 63.9 cm³/mol. The molecule has 1 aromatic rings. The predicted octanol–water partition coefficient (Wildman–Crippen LogP) is 1.01. The van der Waals surface area contributed by atoms with Crippen LogP contribution in [0.3, 0.4) is 0 Å². The summed E-state index contributed by atoms with van der Waals surface area (Å²) >= 11 is 0. The molecule has 0 amide bonds. The zero-order valence-electron chi connectivity index (χ0n) is 10.0. The van der Waals surface area contributed by atoms with Gasteiger partial charge in [0, 0.05) is 38.4 Å². The number of pyridine rings is 1. The Morgan fingerprint density at radius 2 is 2.24 bits per heavy atom. The minimum Gasteiger partial charge on any atom is -0.481 e. The minimum atomic E-state index is -0.381. The van der Waals surface area contributed by atoms with Gasteiger partial charge in [-0.1, -0.05) is 6.07 Å². The number of hydrogen-bond acceptors (Lipinski definition) is 4. The van der Waals surface area contributed by atoms with Gasteiger partial charge in [0.05, 0.1) is 13.2 Å². The number of piperazine rings is 1. The molecule has 17 heavy (non-hydrogen) atoms. The number of ether oxygens (including phenoxy) is 1. The van der Waals surface area contributed by atoms with E-state index in [0.29, 0.717) is 5.88 Å². The Bertz CT molecular complexity index is 338. The number of hydrogen-bond donors (Lipinski definition) is 1. The van der Waals surface area contributed by atoms with Gasteiger partial charge in [-0.25, -0.2) is 9.37 Å². The van der Waals surface area contributed by atoms with Crippen LogP contribution in [-0.4, -0.2) is 49.8 Å². The number of rotatable bonds is 4. The topological polar surface area (TPSA) is 37.4 Å². The van der Waals surface area contributed by atoms with Crippen molar-refractivity contribution in [3.05, 3.63) is 23.9 Å². The summed E-state index contributed by atoms with van der Waals surface area (Å²) in [5.74, 6) is 0.562. The van der Waals surface area contributed by atoms with Crippen molar-refractivity contribution in [3.8, 4) is 5.88 Å². The summed E-state index contributed by atoms with van der Waals surface area (Å²) in [7, 11) is 1.57.